The van der Waals surface area contributed by atoms with Crippen molar-refractivity contribution >= 4 is 12.0 Å². The van der Waals surface area contributed by atoms with Crippen molar-refractivity contribution in [2.75, 3.05) is 5.73 Å². The minimum atomic E-state index is 0.503. The molecule has 0 aliphatic rings. The van der Waals surface area contributed by atoms with E-state index < -0.39 is 0 Å². The molecule has 51 valence electrons. The quantitative estimate of drug-likeness (QED) is 0.583. The molecule has 0 spiro atoms. The Bertz CT molecular complexity index is 255. The van der Waals surface area contributed by atoms with Crippen molar-refractivity contribution in [3.8, 4) is 0 Å². The molecule has 0 unspecified atom stereocenters. The van der Waals surface area contributed by atoms with Crippen LogP contribution in [0.15, 0.2) is 18.2 Å². The highest BCUT2D eigenvalue weighted by molar-refractivity contribution is 5.77. The van der Waals surface area contributed by atoms with Crippen molar-refractivity contribution in [3.63, 3.8) is 0 Å². The molecule has 1 aromatic carbocycles. The van der Waals surface area contributed by atoms with Gasteiger partial charge in [0.05, 0.1) is 0 Å². The average Bonchev–Trinajstić information content (AvgIpc) is 1.95. The van der Waals surface area contributed by atoms with Crippen LogP contribution >= 0.6 is 0 Å². The maximum Gasteiger partial charge on any atom is 0.233 e. The van der Waals surface area contributed by atoms with Crippen LogP contribution in [0.5, 0.6) is 0 Å². The van der Waals surface area contributed by atoms with Crippen LogP contribution in [-0.4, -0.2) is 6.29 Å². The highest BCUT2D eigenvalue weighted by atomic mass is 16.1. The lowest BCUT2D eigenvalue weighted by Gasteiger charge is -1.97. The van der Waals surface area contributed by atoms with Crippen LogP contribution in [0.25, 0.3) is 0 Å². The predicted molar refractivity (Wildman–Crippen MR) is 40.4 cm³/mol. The summed E-state index contributed by atoms with van der Waals surface area (Å²) < 4.78 is 0. The van der Waals surface area contributed by atoms with Crippen LogP contribution in [-0.2, 0) is 4.79 Å². The number of benzene rings is 1. The molecule has 0 aliphatic carbocycles. The molecule has 2 heteroatoms. The summed E-state index contributed by atoms with van der Waals surface area (Å²) in [7, 11) is 0. The van der Waals surface area contributed by atoms with Gasteiger partial charge in [0.15, 0.2) is 0 Å². The van der Waals surface area contributed by atoms with E-state index in [-0.39, 0.29) is 0 Å². The first-order valence-electron chi connectivity index (χ1n) is 2.98. The number of aryl methyl sites for hydroxylation is 1. The van der Waals surface area contributed by atoms with Crippen molar-refractivity contribution in [3.05, 3.63) is 29.3 Å². The van der Waals surface area contributed by atoms with Gasteiger partial charge in [-0.25, -0.2) is 0 Å². The van der Waals surface area contributed by atoms with Gasteiger partial charge in [0, 0.05) is 11.3 Å². The smallest absolute Gasteiger partial charge is 0.233 e. The lowest BCUT2D eigenvalue weighted by Crippen LogP contribution is -1.90. The second kappa shape index (κ2) is 2.52. The summed E-state index contributed by atoms with van der Waals surface area (Å²) in [5, 5.41) is 0. The number of rotatable bonds is 1. The molecule has 1 aromatic rings. The van der Waals surface area contributed by atoms with Crippen LogP contribution < -0.4 is 5.73 Å². The SMILES string of the molecule is Cc1ccc([C]=O)cc1N. The van der Waals surface area contributed by atoms with Crippen LogP contribution in [0.4, 0.5) is 5.69 Å². The zero-order valence-corrected chi connectivity index (χ0v) is 5.72. The van der Waals surface area contributed by atoms with Crippen molar-refractivity contribution in [2.24, 2.45) is 0 Å². The standard InChI is InChI=1S/C8H8NO/c1-6-2-3-7(5-10)4-8(6)9/h2-4H,9H2,1H3. The molecule has 0 heterocycles. The molecular weight excluding hydrogens is 126 g/mol. The molecule has 0 saturated carbocycles. The minimum absolute atomic E-state index is 0.503. The molecule has 0 atom stereocenters. The van der Waals surface area contributed by atoms with Gasteiger partial charge >= 0.3 is 0 Å². The van der Waals surface area contributed by atoms with Crippen molar-refractivity contribution in [1.29, 1.82) is 0 Å². The third-order valence-electron chi connectivity index (χ3n) is 1.40. The zero-order chi connectivity index (χ0) is 7.56. The summed E-state index contributed by atoms with van der Waals surface area (Å²) in [4.78, 5) is 10.1. The predicted octanol–water partition coefficient (Wildman–Crippen LogP) is 1.04. The molecule has 2 nitrogen and oxygen atoms in total. The third kappa shape index (κ3) is 1.16. The highest BCUT2D eigenvalue weighted by Gasteiger charge is 1.94. The Morgan fingerprint density at radius 3 is 2.70 bits per heavy atom. The fraction of sp³-hybridized carbons (Fsp3) is 0.125. The monoisotopic (exact) mass is 134 g/mol. The van der Waals surface area contributed by atoms with E-state index in [1.165, 1.54) is 0 Å². The zero-order valence-electron chi connectivity index (χ0n) is 5.72. The molecule has 0 bridgehead atoms. The number of hydrogen-bond donors (Lipinski definition) is 1. The topological polar surface area (TPSA) is 43.1 Å². The fourth-order valence-corrected chi connectivity index (χ4v) is 0.704. The first-order valence-corrected chi connectivity index (χ1v) is 2.98. The van der Waals surface area contributed by atoms with E-state index >= 15 is 0 Å². The summed E-state index contributed by atoms with van der Waals surface area (Å²) in [5.41, 5.74) is 7.65. The van der Waals surface area contributed by atoms with Gasteiger partial charge < -0.3 is 5.73 Å². The molecular formula is C8H8NO. The maximum atomic E-state index is 10.1. The van der Waals surface area contributed by atoms with Crippen LogP contribution in [0.1, 0.15) is 11.1 Å². The van der Waals surface area contributed by atoms with E-state index in [0.717, 1.165) is 5.56 Å². The molecule has 0 amide bonds. The van der Waals surface area contributed by atoms with Crippen LogP contribution in [0, 0.1) is 6.92 Å². The van der Waals surface area contributed by atoms with E-state index in [1.54, 1.807) is 24.5 Å². The van der Waals surface area contributed by atoms with Gasteiger partial charge in [-0.2, -0.15) is 0 Å². The number of anilines is 1. The van der Waals surface area contributed by atoms with Crippen molar-refractivity contribution < 1.29 is 4.79 Å². The van der Waals surface area contributed by atoms with E-state index in [2.05, 4.69) is 0 Å². The molecule has 0 fully saturated rings. The lowest BCUT2D eigenvalue weighted by molar-refractivity contribution is 0.563. The maximum absolute atomic E-state index is 10.1. The Morgan fingerprint density at radius 2 is 2.20 bits per heavy atom. The molecule has 1 radical (unpaired) electrons. The van der Waals surface area contributed by atoms with Crippen molar-refractivity contribution in [1.82, 2.24) is 0 Å². The van der Waals surface area contributed by atoms with Gasteiger partial charge in [-0.3, -0.25) is 4.79 Å². The Hall–Kier alpha value is -1.31. The van der Waals surface area contributed by atoms with Gasteiger partial charge in [0.2, 0.25) is 6.29 Å². The normalized spacial score (nSPS) is 9.30. The minimum Gasteiger partial charge on any atom is -0.398 e. The van der Waals surface area contributed by atoms with E-state index in [4.69, 9.17) is 5.73 Å². The van der Waals surface area contributed by atoms with Crippen LogP contribution in [0.2, 0.25) is 0 Å². The summed E-state index contributed by atoms with van der Waals surface area (Å²) >= 11 is 0. The van der Waals surface area contributed by atoms with Crippen molar-refractivity contribution in [2.45, 2.75) is 6.92 Å². The summed E-state index contributed by atoms with van der Waals surface area (Å²) in [6.07, 6.45) is 1.76. The molecule has 0 aromatic heterocycles. The first kappa shape index (κ1) is 6.81. The Labute approximate surface area is 59.7 Å². The average molecular weight is 134 g/mol. The Balaban J connectivity index is 3.16. The van der Waals surface area contributed by atoms with Gasteiger partial charge in [-0.1, -0.05) is 12.1 Å². The number of nitrogen functional groups attached to an aromatic ring is 1. The largest absolute Gasteiger partial charge is 0.398 e. The fourth-order valence-electron chi connectivity index (χ4n) is 0.704. The Morgan fingerprint density at radius 1 is 1.50 bits per heavy atom. The second-order valence-electron chi connectivity index (χ2n) is 2.17. The van der Waals surface area contributed by atoms with E-state index in [1.807, 2.05) is 6.92 Å². The molecule has 10 heavy (non-hydrogen) atoms. The lowest BCUT2D eigenvalue weighted by atomic mass is 10.1. The number of hydrogen-bond acceptors (Lipinski definition) is 2. The van der Waals surface area contributed by atoms with E-state index in [0.29, 0.717) is 11.3 Å². The highest BCUT2D eigenvalue weighted by Crippen LogP contribution is 2.10. The van der Waals surface area contributed by atoms with E-state index in [9.17, 15) is 4.79 Å². The van der Waals surface area contributed by atoms with Gasteiger partial charge in [-0.15, -0.1) is 0 Å². The first-order chi connectivity index (χ1) is 4.74. The third-order valence-corrected chi connectivity index (χ3v) is 1.40. The second-order valence-corrected chi connectivity index (χ2v) is 2.17. The summed E-state index contributed by atoms with van der Waals surface area (Å²) in [6, 6.07) is 5.11. The number of carbonyl (C=O) groups excluding carboxylic acids is 1. The molecule has 0 aliphatic heterocycles. The summed E-state index contributed by atoms with van der Waals surface area (Å²) in [5.74, 6) is 0. The Kier molecular flexibility index (Phi) is 1.71. The molecule has 2 N–H and O–H groups in total. The molecule has 1 rings (SSSR count). The van der Waals surface area contributed by atoms with Gasteiger partial charge in [0.1, 0.15) is 0 Å². The van der Waals surface area contributed by atoms with Gasteiger partial charge in [0.25, 0.3) is 0 Å². The van der Waals surface area contributed by atoms with Crippen LogP contribution in [0.3, 0.4) is 0 Å². The summed E-state index contributed by atoms with van der Waals surface area (Å²) in [6.45, 7) is 1.89. The number of nitrogens with two attached hydrogens (primary N) is 1. The molecule has 0 saturated heterocycles. The van der Waals surface area contributed by atoms with Gasteiger partial charge in [-0.05, 0) is 18.6 Å².